The number of hydrogen-bond acceptors (Lipinski definition) is 3. The van der Waals surface area contributed by atoms with E-state index in [1.165, 1.54) is 31.3 Å². The predicted molar refractivity (Wildman–Crippen MR) is 112 cm³/mol. The fraction of sp³-hybridized carbons (Fsp3) is 0.875. The van der Waals surface area contributed by atoms with Crippen LogP contribution in [-0.2, 0) is 4.79 Å². The van der Waals surface area contributed by atoms with Gasteiger partial charge in [-0.15, -0.1) is 0 Å². The van der Waals surface area contributed by atoms with E-state index in [9.17, 15) is 15.0 Å². The molecule has 156 valence electrons. The second kappa shape index (κ2) is 10.8. The molecule has 0 radical (unpaired) electrons. The number of hydrogen-bond donors (Lipinski definition) is 2. The van der Waals surface area contributed by atoms with Crippen molar-refractivity contribution in [2.45, 2.75) is 104 Å². The van der Waals surface area contributed by atoms with Gasteiger partial charge in [-0.3, -0.25) is 4.79 Å². The van der Waals surface area contributed by atoms with Gasteiger partial charge in [0, 0.05) is 12.5 Å². The van der Waals surface area contributed by atoms with Gasteiger partial charge in [0.15, 0.2) is 5.78 Å². The van der Waals surface area contributed by atoms with Crippen LogP contribution < -0.4 is 0 Å². The zero-order chi connectivity index (χ0) is 19.9. The quantitative estimate of drug-likeness (QED) is 0.498. The lowest BCUT2D eigenvalue weighted by molar-refractivity contribution is -0.122. The van der Waals surface area contributed by atoms with Crippen LogP contribution in [0.3, 0.4) is 0 Å². The first-order valence-corrected chi connectivity index (χ1v) is 11.4. The molecule has 1 fully saturated rings. The van der Waals surface area contributed by atoms with Gasteiger partial charge < -0.3 is 10.2 Å². The van der Waals surface area contributed by atoms with Gasteiger partial charge in [0.05, 0.1) is 6.10 Å². The average Bonchev–Trinajstić information content (AvgIpc) is 2.64. The molecule has 0 bridgehead atoms. The van der Waals surface area contributed by atoms with E-state index in [0.29, 0.717) is 17.6 Å². The molecule has 0 aromatic rings. The minimum atomic E-state index is -0.256. The van der Waals surface area contributed by atoms with Gasteiger partial charge in [-0.1, -0.05) is 52.0 Å². The molecule has 4 atom stereocenters. The molecule has 3 heteroatoms. The third-order valence-corrected chi connectivity index (χ3v) is 7.20. The zero-order valence-corrected chi connectivity index (χ0v) is 17.9. The summed E-state index contributed by atoms with van der Waals surface area (Å²) in [6.07, 6.45) is 14.3. The highest BCUT2D eigenvalue weighted by Gasteiger charge is 2.40. The summed E-state index contributed by atoms with van der Waals surface area (Å²) < 4.78 is 0. The first-order chi connectivity index (χ1) is 12.9. The maximum atomic E-state index is 13.0. The van der Waals surface area contributed by atoms with E-state index in [1.54, 1.807) is 0 Å². The van der Waals surface area contributed by atoms with Crippen LogP contribution in [0.25, 0.3) is 0 Å². The van der Waals surface area contributed by atoms with E-state index >= 15 is 0 Å². The number of carbonyl (C=O) groups is 1. The fourth-order valence-corrected chi connectivity index (χ4v) is 5.37. The molecule has 27 heavy (non-hydrogen) atoms. The van der Waals surface area contributed by atoms with Gasteiger partial charge in [0.2, 0.25) is 0 Å². The topological polar surface area (TPSA) is 57.5 Å². The van der Waals surface area contributed by atoms with Gasteiger partial charge in [0.1, 0.15) is 0 Å². The van der Waals surface area contributed by atoms with Crippen LogP contribution in [0.15, 0.2) is 11.6 Å². The van der Waals surface area contributed by atoms with Crippen LogP contribution >= 0.6 is 0 Å². The summed E-state index contributed by atoms with van der Waals surface area (Å²) in [5, 5.41) is 19.4. The number of carbonyl (C=O) groups excluding carboxylic acids is 1. The molecule has 2 N–H and O–H groups in total. The predicted octanol–water partition coefficient (Wildman–Crippen LogP) is 5.44. The second-order valence-electron chi connectivity index (χ2n) is 9.67. The molecule has 0 heterocycles. The average molecular weight is 379 g/mol. The molecular weight excluding hydrogens is 336 g/mol. The Balaban J connectivity index is 2.01. The third kappa shape index (κ3) is 6.42. The largest absolute Gasteiger partial charge is 0.396 e. The van der Waals surface area contributed by atoms with Crippen molar-refractivity contribution in [3.05, 3.63) is 11.6 Å². The zero-order valence-electron chi connectivity index (χ0n) is 17.9. The number of ketones is 1. The van der Waals surface area contributed by atoms with Gasteiger partial charge in [0.25, 0.3) is 0 Å². The minimum Gasteiger partial charge on any atom is -0.396 e. The Kier molecular flexibility index (Phi) is 9.01. The highest BCUT2D eigenvalue weighted by atomic mass is 16.3. The van der Waals surface area contributed by atoms with Crippen LogP contribution in [0.5, 0.6) is 0 Å². The SMILES string of the molecule is CCCCCCC(C)(C)C1=CC(=O)C(C2CC(O)CCC2CCCO)CC1. The highest BCUT2D eigenvalue weighted by Crippen LogP contribution is 2.45. The standard InChI is InChI=1S/C24H42O3/c1-4-5-6-7-14-24(2,3)19-11-13-21(23(27)16-19)22-17-20(26)12-10-18(22)9-8-15-25/h16,18,20-22,25-26H,4-15,17H2,1-3H3. The molecule has 0 aromatic carbocycles. The smallest absolute Gasteiger partial charge is 0.159 e. The number of rotatable bonds is 10. The summed E-state index contributed by atoms with van der Waals surface area (Å²) in [5.41, 5.74) is 1.46. The Morgan fingerprint density at radius 1 is 1.11 bits per heavy atom. The molecule has 1 saturated carbocycles. The van der Waals surface area contributed by atoms with Crippen molar-refractivity contribution in [3.63, 3.8) is 0 Å². The van der Waals surface area contributed by atoms with E-state index in [2.05, 4.69) is 20.8 Å². The van der Waals surface area contributed by atoms with E-state index in [1.807, 2.05) is 6.08 Å². The van der Waals surface area contributed by atoms with Crippen molar-refractivity contribution >= 4 is 5.78 Å². The van der Waals surface area contributed by atoms with Crippen molar-refractivity contribution in [1.29, 1.82) is 0 Å². The summed E-state index contributed by atoms with van der Waals surface area (Å²) in [4.78, 5) is 13.0. The molecule has 4 unspecified atom stereocenters. The lowest BCUT2D eigenvalue weighted by Gasteiger charge is -2.41. The van der Waals surface area contributed by atoms with Crippen molar-refractivity contribution in [2.75, 3.05) is 6.61 Å². The van der Waals surface area contributed by atoms with Gasteiger partial charge in [-0.25, -0.2) is 0 Å². The summed E-state index contributed by atoms with van der Waals surface area (Å²) in [6.45, 7) is 7.06. The number of unbranched alkanes of at least 4 members (excludes halogenated alkanes) is 3. The summed E-state index contributed by atoms with van der Waals surface area (Å²) in [6, 6.07) is 0. The molecule has 0 spiro atoms. The van der Waals surface area contributed by atoms with Crippen molar-refractivity contribution in [3.8, 4) is 0 Å². The minimum absolute atomic E-state index is 0.0725. The summed E-state index contributed by atoms with van der Waals surface area (Å²) in [5.74, 6) is 1.14. The van der Waals surface area contributed by atoms with E-state index in [4.69, 9.17) is 0 Å². The van der Waals surface area contributed by atoms with Crippen LogP contribution in [-0.4, -0.2) is 28.7 Å². The number of aliphatic hydroxyl groups is 2. The molecule has 2 aliphatic rings. The summed E-state index contributed by atoms with van der Waals surface area (Å²) >= 11 is 0. The van der Waals surface area contributed by atoms with Crippen LogP contribution in [0.4, 0.5) is 0 Å². The molecule has 0 saturated heterocycles. The fourth-order valence-electron chi connectivity index (χ4n) is 5.37. The Bertz CT molecular complexity index is 492. The number of aliphatic hydroxyl groups excluding tert-OH is 2. The van der Waals surface area contributed by atoms with Crippen molar-refractivity contribution in [1.82, 2.24) is 0 Å². The summed E-state index contributed by atoms with van der Waals surface area (Å²) in [7, 11) is 0. The molecule has 0 aromatic heterocycles. The van der Waals surface area contributed by atoms with Crippen LogP contribution in [0.1, 0.15) is 97.8 Å². The Morgan fingerprint density at radius 3 is 2.56 bits per heavy atom. The van der Waals surface area contributed by atoms with Crippen molar-refractivity contribution < 1.29 is 15.0 Å². The van der Waals surface area contributed by atoms with E-state index in [-0.39, 0.29) is 24.0 Å². The van der Waals surface area contributed by atoms with Gasteiger partial charge >= 0.3 is 0 Å². The van der Waals surface area contributed by atoms with Gasteiger partial charge in [-0.2, -0.15) is 0 Å². The number of allylic oxidation sites excluding steroid dienone is 2. The van der Waals surface area contributed by atoms with E-state index < -0.39 is 0 Å². The van der Waals surface area contributed by atoms with E-state index in [0.717, 1.165) is 51.4 Å². The molecule has 0 aliphatic heterocycles. The first-order valence-electron chi connectivity index (χ1n) is 11.4. The Labute approximate surface area is 166 Å². The normalized spacial score (nSPS) is 29.7. The lowest BCUT2D eigenvalue weighted by Crippen LogP contribution is -2.38. The van der Waals surface area contributed by atoms with Gasteiger partial charge in [-0.05, 0) is 74.7 Å². The monoisotopic (exact) mass is 378 g/mol. The highest BCUT2D eigenvalue weighted by molar-refractivity contribution is 5.93. The van der Waals surface area contributed by atoms with Crippen LogP contribution in [0, 0.1) is 23.2 Å². The molecule has 2 aliphatic carbocycles. The lowest BCUT2D eigenvalue weighted by atomic mass is 9.64. The molecule has 0 amide bonds. The maximum absolute atomic E-state index is 13.0. The molecule has 3 nitrogen and oxygen atoms in total. The Hall–Kier alpha value is -0.670. The third-order valence-electron chi connectivity index (χ3n) is 7.20. The van der Waals surface area contributed by atoms with Crippen molar-refractivity contribution in [2.24, 2.45) is 23.2 Å². The first kappa shape index (κ1) is 22.6. The maximum Gasteiger partial charge on any atom is 0.159 e. The van der Waals surface area contributed by atoms with Crippen LogP contribution in [0.2, 0.25) is 0 Å². The second-order valence-corrected chi connectivity index (χ2v) is 9.67. The molecular formula is C24H42O3. The molecule has 2 rings (SSSR count). The Morgan fingerprint density at radius 2 is 1.89 bits per heavy atom.